The zero-order valence-electron chi connectivity index (χ0n) is 24.7. The van der Waals surface area contributed by atoms with Crippen LogP contribution in [0.25, 0.3) is 58.8 Å². The fraction of sp³-hybridized carbons (Fsp3) is 0.0233. The van der Waals surface area contributed by atoms with Gasteiger partial charge in [-0.3, -0.25) is 0 Å². The van der Waals surface area contributed by atoms with Crippen molar-refractivity contribution in [2.75, 3.05) is 0 Å². The van der Waals surface area contributed by atoms with Gasteiger partial charge in [0.1, 0.15) is 11.5 Å². The molecule has 0 N–H and O–H groups in total. The third-order valence-electron chi connectivity index (χ3n) is 10.3. The van der Waals surface area contributed by atoms with Crippen molar-refractivity contribution in [1.82, 2.24) is 4.57 Å². The highest BCUT2D eigenvalue weighted by molar-refractivity contribution is 7.25. The van der Waals surface area contributed by atoms with Crippen LogP contribution in [0, 0.1) is 0 Å². The maximum absolute atomic E-state index is 6.86. The standard InChI is InChI=1S/C43H25NOS/c1-5-16-36-28(10-1)30-12-9-15-35-42(30)44(36)37-17-6-3-13-32(37)43(35)33-14-4-7-18-38(33)45-39-25-27(20-22-34(39)43)26-21-23-41-31(24-26)29-11-2-8-19-40(29)46-41/h1-25H. The molecule has 9 aromatic rings. The van der Waals surface area contributed by atoms with Crippen LogP contribution in [0.1, 0.15) is 22.3 Å². The van der Waals surface area contributed by atoms with Crippen LogP contribution in [0.15, 0.2) is 152 Å². The first-order chi connectivity index (χ1) is 22.8. The van der Waals surface area contributed by atoms with Crippen LogP contribution in [0.2, 0.25) is 0 Å². The van der Waals surface area contributed by atoms with Crippen molar-refractivity contribution in [3.8, 4) is 28.3 Å². The fourth-order valence-electron chi connectivity index (χ4n) is 8.41. The van der Waals surface area contributed by atoms with Crippen LogP contribution >= 0.6 is 11.3 Å². The molecule has 1 spiro atoms. The molecule has 3 heteroatoms. The molecule has 0 saturated heterocycles. The summed E-state index contributed by atoms with van der Waals surface area (Å²) in [5.41, 5.74) is 10.4. The SMILES string of the molecule is c1ccc2c(c1)Oc1cc(-c3ccc4sc5ccccc5c4c3)ccc1C21c2ccccc2-n2c3ccccc3c3cccc1c32. The molecule has 2 nitrogen and oxygen atoms in total. The zero-order valence-corrected chi connectivity index (χ0v) is 25.5. The van der Waals surface area contributed by atoms with E-state index in [-0.39, 0.29) is 0 Å². The van der Waals surface area contributed by atoms with Gasteiger partial charge >= 0.3 is 0 Å². The van der Waals surface area contributed by atoms with Crippen molar-refractivity contribution in [2.45, 2.75) is 5.41 Å². The van der Waals surface area contributed by atoms with E-state index in [4.69, 9.17) is 4.74 Å². The van der Waals surface area contributed by atoms with E-state index in [0.717, 1.165) is 17.1 Å². The Morgan fingerprint density at radius 2 is 1.13 bits per heavy atom. The van der Waals surface area contributed by atoms with Crippen molar-refractivity contribution < 1.29 is 4.74 Å². The first-order valence-electron chi connectivity index (χ1n) is 15.8. The van der Waals surface area contributed by atoms with Gasteiger partial charge in [-0.2, -0.15) is 0 Å². The summed E-state index contributed by atoms with van der Waals surface area (Å²) >= 11 is 1.86. The molecule has 0 amide bonds. The predicted molar refractivity (Wildman–Crippen MR) is 191 cm³/mol. The van der Waals surface area contributed by atoms with Crippen LogP contribution in [0.5, 0.6) is 11.5 Å². The maximum Gasteiger partial charge on any atom is 0.132 e. The number of thiophene rings is 1. The van der Waals surface area contributed by atoms with E-state index in [1.807, 2.05) is 11.3 Å². The van der Waals surface area contributed by atoms with Crippen LogP contribution in [-0.2, 0) is 5.41 Å². The second-order valence-corrected chi connectivity index (χ2v) is 13.5. The quantitative estimate of drug-likeness (QED) is 0.182. The number of ether oxygens (including phenoxy) is 1. The molecular formula is C43H25NOS. The van der Waals surface area contributed by atoms with Gasteiger partial charge in [-0.25, -0.2) is 0 Å². The Balaban J connectivity index is 1.23. The van der Waals surface area contributed by atoms with E-state index in [0.29, 0.717) is 0 Å². The number of benzene rings is 7. The highest BCUT2D eigenvalue weighted by atomic mass is 32.1. The number of hydrogen-bond donors (Lipinski definition) is 0. The molecule has 0 bridgehead atoms. The summed E-state index contributed by atoms with van der Waals surface area (Å²) in [6.45, 7) is 0. The molecule has 2 aliphatic rings. The molecular weight excluding hydrogens is 579 g/mol. The van der Waals surface area contributed by atoms with Crippen LogP contribution < -0.4 is 4.74 Å². The molecule has 0 radical (unpaired) electrons. The Labute approximate surface area is 269 Å². The van der Waals surface area contributed by atoms with E-state index in [2.05, 4.69) is 156 Å². The van der Waals surface area contributed by atoms with Gasteiger partial charge in [-0.1, -0.05) is 109 Å². The van der Waals surface area contributed by atoms with Crippen molar-refractivity contribution in [3.05, 3.63) is 174 Å². The molecule has 4 heterocycles. The molecule has 0 saturated carbocycles. The van der Waals surface area contributed by atoms with Gasteiger partial charge in [0, 0.05) is 42.1 Å². The number of rotatable bonds is 1. The monoisotopic (exact) mass is 603 g/mol. The molecule has 0 fully saturated rings. The maximum atomic E-state index is 6.86. The third kappa shape index (κ3) is 2.97. The van der Waals surface area contributed by atoms with Crippen LogP contribution in [0.4, 0.5) is 0 Å². The second kappa shape index (κ2) is 8.75. The molecule has 7 aromatic carbocycles. The molecule has 1 atom stereocenters. The van der Waals surface area contributed by atoms with Crippen molar-refractivity contribution in [3.63, 3.8) is 0 Å². The van der Waals surface area contributed by atoms with E-state index in [1.54, 1.807) is 0 Å². The smallest absolute Gasteiger partial charge is 0.132 e. The Morgan fingerprint density at radius 1 is 0.457 bits per heavy atom. The van der Waals surface area contributed by atoms with Crippen LogP contribution in [0.3, 0.4) is 0 Å². The van der Waals surface area contributed by atoms with E-state index >= 15 is 0 Å². The lowest BCUT2D eigenvalue weighted by Crippen LogP contribution is -2.37. The largest absolute Gasteiger partial charge is 0.457 e. The highest BCUT2D eigenvalue weighted by Gasteiger charge is 2.50. The van der Waals surface area contributed by atoms with Gasteiger partial charge in [-0.15, -0.1) is 11.3 Å². The summed E-state index contributed by atoms with van der Waals surface area (Å²) in [6, 6.07) is 55.7. The van der Waals surface area contributed by atoms with Gasteiger partial charge < -0.3 is 9.30 Å². The van der Waals surface area contributed by atoms with Gasteiger partial charge in [0.25, 0.3) is 0 Å². The first-order valence-corrected chi connectivity index (χ1v) is 16.6. The first kappa shape index (κ1) is 24.7. The summed E-state index contributed by atoms with van der Waals surface area (Å²) in [5, 5.41) is 5.17. The minimum absolute atomic E-state index is 0.545. The number of para-hydroxylation sites is 4. The average molecular weight is 604 g/mol. The molecule has 2 aromatic heterocycles. The third-order valence-corrected chi connectivity index (χ3v) is 11.4. The number of aromatic nitrogens is 1. The summed E-state index contributed by atoms with van der Waals surface area (Å²) in [7, 11) is 0. The molecule has 1 unspecified atom stereocenters. The number of fused-ring (bicyclic) bond motifs is 14. The van der Waals surface area contributed by atoms with E-state index in [1.165, 1.54) is 75.5 Å². The summed E-state index contributed by atoms with van der Waals surface area (Å²) < 4.78 is 12.0. The van der Waals surface area contributed by atoms with Crippen molar-refractivity contribution in [2.24, 2.45) is 0 Å². The molecule has 0 aliphatic carbocycles. The lowest BCUT2D eigenvalue weighted by atomic mass is 9.61. The minimum atomic E-state index is -0.545. The average Bonchev–Trinajstić information content (AvgIpc) is 3.66. The van der Waals surface area contributed by atoms with Gasteiger partial charge in [-0.05, 0) is 64.7 Å². The van der Waals surface area contributed by atoms with Crippen molar-refractivity contribution >= 4 is 53.3 Å². The Hall–Kier alpha value is -5.64. The normalized spacial score (nSPS) is 16.1. The van der Waals surface area contributed by atoms with E-state index in [9.17, 15) is 0 Å². The van der Waals surface area contributed by atoms with E-state index < -0.39 is 5.41 Å². The number of hydrogen-bond acceptors (Lipinski definition) is 2. The van der Waals surface area contributed by atoms with Gasteiger partial charge in [0.2, 0.25) is 0 Å². The molecule has 11 rings (SSSR count). The van der Waals surface area contributed by atoms with Gasteiger partial charge in [0.15, 0.2) is 0 Å². The molecule has 46 heavy (non-hydrogen) atoms. The number of nitrogens with zero attached hydrogens (tertiary/aromatic N) is 1. The molecule has 214 valence electrons. The zero-order chi connectivity index (χ0) is 30.0. The van der Waals surface area contributed by atoms with Crippen LogP contribution in [-0.4, -0.2) is 4.57 Å². The Bertz CT molecular complexity index is 2750. The van der Waals surface area contributed by atoms with Crippen molar-refractivity contribution in [1.29, 1.82) is 0 Å². The lowest BCUT2D eigenvalue weighted by molar-refractivity contribution is 0.434. The van der Waals surface area contributed by atoms with Gasteiger partial charge in [0.05, 0.1) is 22.1 Å². The summed E-state index contributed by atoms with van der Waals surface area (Å²) in [4.78, 5) is 0. The predicted octanol–water partition coefficient (Wildman–Crippen LogP) is 11.6. The topological polar surface area (TPSA) is 14.2 Å². The fourth-order valence-corrected chi connectivity index (χ4v) is 9.50. The molecule has 2 aliphatic heterocycles. The lowest BCUT2D eigenvalue weighted by Gasteiger charge is -2.45. The Kier molecular flexibility index (Phi) is 4.69. The highest BCUT2D eigenvalue weighted by Crippen LogP contribution is 2.60. The second-order valence-electron chi connectivity index (χ2n) is 12.4. The summed E-state index contributed by atoms with van der Waals surface area (Å²) in [5.74, 6) is 1.81. The Morgan fingerprint density at radius 3 is 2.09 bits per heavy atom. The summed E-state index contributed by atoms with van der Waals surface area (Å²) in [6.07, 6.45) is 0. The minimum Gasteiger partial charge on any atom is -0.457 e.